The first kappa shape index (κ1) is 14.4. The van der Waals surface area contributed by atoms with Crippen molar-refractivity contribution in [2.45, 2.75) is 4.90 Å². The van der Waals surface area contributed by atoms with Crippen molar-refractivity contribution in [3.8, 4) is 5.75 Å². The van der Waals surface area contributed by atoms with Crippen LogP contribution in [0.2, 0.25) is 0 Å². The number of rotatable bonds is 5. The molecule has 0 bridgehead atoms. The van der Waals surface area contributed by atoms with Crippen molar-refractivity contribution >= 4 is 23.6 Å². The van der Waals surface area contributed by atoms with E-state index in [2.05, 4.69) is 0 Å². The van der Waals surface area contributed by atoms with E-state index in [1.165, 1.54) is 4.90 Å². The summed E-state index contributed by atoms with van der Waals surface area (Å²) in [6, 6.07) is 15.2. The molecule has 0 amide bonds. The largest absolute Gasteiger partial charge is 0.497 e. The lowest BCUT2D eigenvalue weighted by atomic mass is 10.1. The van der Waals surface area contributed by atoms with Crippen molar-refractivity contribution in [3.63, 3.8) is 0 Å². The predicted octanol–water partition coefficient (Wildman–Crippen LogP) is 4.31. The summed E-state index contributed by atoms with van der Waals surface area (Å²) in [4.78, 5) is 13.3. The van der Waals surface area contributed by atoms with Crippen LogP contribution in [0, 0.1) is 0 Å². The summed E-state index contributed by atoms with van der Waals surface area (Å²) in [5.74, 6) is 0.659. The first-order valence-electron chi connectivity index (χ1n) is 6.23. The van der Waals surface area contributed by atoms with E-state index >= 15 is 0 Å². The van der Waals surface area contributed by atoms with Gasteiger partial charge in [-0.05, 0) is 42.2 Å². The van der Waals surface area contributed by atoms with Crippen LogP contribution in [0.3, 0.4) is 0 Å². The van der Waals surface area contributed by atoms with E-state index in [4.69, 9.17) is 4.74 Å². The van der Waals surface area contributed by atoms with E-state index in [-0.39, 0.29) is 5.78 Å². The SMILES string of the molecule is COc1cccc(C(=O)C=Cc2ccc(SC)cc2)c1. The molecule has 3 heteroatoms. The predicted molar refractivity (Wildman–Crippen MR) is 84.6 cm³/mol. The number of methoxy groups -OCH3 is 1. The molecule has 0 heterocycles. The summed E-state index contributed by atoms with van der Waals surface area (Å²) in [7, 11) is 1.59. The fourth-order valence-corrected chi connectivity index (χ4v) is 2.17. The van der Waals surface area contributed by atoms with Gasteiger partial charge in [-0.2, -0.15) is 0 Å². The number of ether oxygens (including phenoxy) is 1. The van der Waals surface area contributed by atoms with Crippen LogP contribution in [0.1, 0.15) is 15.9 Å². The maximum Gasteiger partial charge on any atom is 0.185 e. The molecule has 0 aliphatic carbocycles. The van der Waals surface area contributed by atoms with Gasteiger partial charge in [0.05, 0.1) is 7.11 Å². The van der Waals surface area contributed by atoms with E-state index in [1.807, 2.05) is 48.7 Å². The normalized spacial score (nSPS) is 10.7. The van der Waals surface area contributed by atoms with Crippen LogP contribution in [-0.4, -0.2) is 19.1 Å². The van der Waals surface area contributed by atoms with Gasteiger partial charge < -0.3 is 4.74 Å². The number of carbonyl (C=O) groups excluding carboxylic acids is 1. The van der Waals surface area contributed by atoms with Gasteiger partial charge in [-0.15, -0.1) is 11.8 Å². The second-order valence-corrected chi connectivity index (χ2v) is 5.08. The van der Waals surface area contributed by atoms with E-state index in [0.29, 0.717) is 11.3 Å². The van der Waals surface area contributed by atoms with Gasteiger partial charge in [0, 0.05) is 10.5 Å². The van der Waals surface area contributed by atoms with E-state index in [1.54, 1.807) is 37.1 Å². The molecule has 0 radical (unpaired) electrons. The third kappa shape index (κ3) is 3.75. The first-order valence-corrected chi connectivity index (χ1v) is 7.46. The Balaban J connectivity index is 2.11. The molecule has 0 fully saturated rings. The van der Waals surface area contributed by atoms with Crippen molar-refractivity contribution in [1.29, 1.82) is 0 Å². The van der Waals surface area contributed by atoms with Gasteiger partial charge in [0.15, 0.2) is 5.78 Å². The monoisotopic (exact) mass is 284 g/mol. The molecule has 20 heavy (non-hydrogen) atoms. The number of thioether (sulfide) groups is 1. The van der Waals surface area contributed by atoms with Crippen LogP contribution in [-0.2, 0) is 0 Å². The van der Waals surface area contributed by atoms with Gasteiger partial charge in [-0.25, -0.2) is 0 Å². The number of allylic oxidation sites excluding steroid dienone is 1. The van der Waals surface area contributed by atoms with Crippen LogP contribution in [0.5, 0.6) is 5.75 Å². The maximum atomic E-state index is 12.1. The Kier molecular flexibility index (Phi) is 5.02. The molecular formula is C17H16O2S. The van der Waals surface area contributed by atoms with Crippen molar-refractivity contribution in [3.05, 3.63) is 65.7 Å². The summed E-state index contributed by atoms with van der Waals surface area (Å²) in [5, 5.41) is 0. The Morgan fingerprint density at radius 2 is 1.90 bits per heavy atom. The molecule has 2 nitrogen and oxygen atoms in total. The minimum Gasteiger partial charge on any atom is -0.497 e. The number of carbonyl (C=O) groups is 1. The average molecular weight is 284 g/mol. The van der Waals surface area contributed by atoms with Crippen LogP contribution in [0.15, 0.2) is 59.5 Å². The zero-order valence-electron chi connectivity index (χ0n) is 11.5. The molecule has 2 rings (SSSR count). The van der Waals surface area contributed by atoms with Gasteiger partial charge in [0.1, 0.15) is 5.75 Å². The Morgan fingerprint density at radius 3 is 2.55 bits per heavy atom. The molecular weight excluding hydrogens is 268 g/mol. The average Bonchev–Trinajstić information content (AvgIpc) is 2.53. The summed E-state index contributed by atoms with van der Waals surface area (Å²) in [6.07, 6.45) is 5.45. The second-order valence-electron chi connectivity index (χ2n) is 4.20. The lowest BCUT2D eigenvalue weighted by Gasteiger charge is -2.01. The van der Waals surface area contributed by atoms with Crippen molar-refractivity contribution in [2.75, 3.05) is 13.4 Å². The van der Waals surface area contributed by atoms with Crippen LogP contribution in [0.25, 0.3) is 6.08 Å². The Morgan fingerprint density at radius 1 is 1.15 bits per heavy atom. The standard InChI is InChI=1S/C17H16O2S/c1-19-15-5-3-4-14(12-15)17(18)11-8-13-6-9-16(20-2)10-7-13/h3-12H,1-2H3. The zero-order valence-corrected chi connectivity index (χ0v) is 12.3. The molecule has 0 saturated carbocycles. The Hall–Kier alpha value is -2.00. The van der Waals surface area contributed by atoms with Crippen LogP contribution >= 0.6 is 11.8 Å². The Bertz CT molecular complexity index is 615. The van der Waals surface area contributed by atoms with Crippen LogP contribution in [0.4, 0.5) is 0 Å². The van der Waals surface area contributed by atoms with Gasteiger partial charge in [0.25, 0.3) is 0 Å². The smallest absolute Gasteiger partial charge is 0.185 e. The zero-order chi connectivity index (χ0) is 14.4. The topological polar surface area (TPSA) is 26.3 Å². The summed E-state index contributed by atoms with van der Waals surface area (Å²) < 4.78 is 5.11. The summed E-state index contributed by atoms with van der Waals surface area (Å²) in [6.45, 7) is 0. The van der Waals surface area contributed by atoms with E-state index < -0.39 is 0 Å². The molecule has 0 aliphatic rings. The van der Waals surface area contributed by atoms with Gasteiger partial charge in [0.2, 0.25) is 0 Å². The molecule has 0 atom stereocenters. The number of hydrogen-bond acceptors (Lipinski definition) is 3. The maximum absolute atomic E-state index is 12.1. The first-order chi connectivity index (χ1) is 9.72. The molecule has 0 aromatic heterocycles. The molecule has 102 valence electrons. The van der Waals surface area contributed by atoms with Crippen molar-refractivity contribution < 1.29 is 9.53 Å². The third-order valence-electron chi connectivity index (χ3n) is 2.90. The van der Waals surface area contributed by atoms with Gasteiger partial charge >= 0.3 is 0 Å². The van der Waals surface area contributed by atoms with Gasteiger partial charge in [-0.3, -0.25) is 4.79 Å². The number of ketones is 1. The minimum absolute atomic E-state index is 0.0298. The summed E-state index contributed by atoms with van der Waals surface area (Å²) in [5.41, 5.74) is 1.64. The quantitative estimate of drug-likeness (QED) is 0.465. The molecule has 2 aromatic rings. The van der Waals surface area contributed by atoms with Gasteiger partial charge in [-0.1, -0.05) is 30.3 Å². The molecule has 0 saturated heterocycles. The fraction of sp³-hybridized carbons (Fsp3) is 0.118. The number of benzene rings is 2. The van der Waals surface area contributed by atoms with E-state index in [9.17, 15) is 4.79 Å². The van der Waals surface area contributed by atoms with Crippen molar-refractivity contribution in [1.82, 2.24) is 0 Å². The highest BCUT2D eigenvalue weighted by molar-refractivity contribution is 7.98. The summed E-state index contributed by atoms with van der Waals surface area (Å²) >= 11 is 1.70. The molecule has 2 aromatic carbocycles. The molecule has 0 unspecified atom stereocenters. The lowest BCUT2D eigenvalue weighted by Crippen LogP contribution is -1.94. The fourth-order valence-electron chi connectivity index (χ4n) is 1.76. The highest BCUT2D eigenvalue weighted by Crippen LogP contribution is 2.16. The van der Waals surface area contributed by atoms with E-state index in [0.717, 1.165) is 5.56 Å². The highest BCUT2D eigenvalue weighted by Gasteiger charge is 2.02. The van der Waals surface area contributed by atoms with Crippen molar-refractivity contribution in [2.24, 2.45) is 0 Å². The lowest BCUT2D eigenvalue weighted by molar-refractivity contribution is 0.104. The molecule has 0 N–H and O–H groups in total. The molecule has 0 aliphatic heterocycles. The Labute approximate surface area is 123 Å². The third-order valence-corrected chi connectivity index (χ3v) is 3.64. The number of hydrogen-bond donors (Lipinski definition) is 0. The van der Waals surface area contributed by atoms with Crippen LogP contribution < -0.4 is 4.74 Å². The minimum atomic E-state index is -0.0298. The second kappa shape index (κ2) is 6.96. The molecule has 0 spiro atoms. The highest BCUT2D eigenvalue weighted by atomic mass is 32.2.